The Morgan fingerprint density at radius 3 is 2.43 bits per heavy atom. The fourth-order valence-corrected chi connectivity index (χ4v) is 2.53. The molecule has 0 unspecified atom stereocenters. The van der Waals surface area contributed by atoms with Crippen LogP contribution in [0.15, 0.2) is 4.99 Å². The van der Waals surface area contributed by atoms with Gasteiger partial charge in [-0.05, 0) is 48.7 Å². The standard InChI is InChI=1S/C15H29N5S/c1-8-16-14(18-10-15(4,5)20(6)7)17-9-13-11(2)19-12(3)21-13/h8-10H2,1-7H3,(H2,16,17,18). The van der Waals surface area contributed by atoms with E-state index in [-0.39, 0.29) is 5.54 Å². The largest absolute Gasteiger partial charge is 0.357 e. The SMILES string of the molecule is CCNC(=NCc1sc(C)nc1C)NCC(C)(C)N(C)C. The third-order valence-corrected chi connectivity index (χ3v) is 4.68. The van der Waals surface area contributed by atoms with Gasteiger partial charge in [0.25, 0.3) is 0 Å². The molecule has 0 spiro atoms. The maximum Gasteiger partial charge on any atom is 0.191 e. The quantitative estimate of drug-likeness (QED) is 0.624. The second-order valence-corrected chi connectivity index (χ2v) is 7.28. The van der Waals surface area contributed by atoms with Crippen molar-refractivity contribution in [2.75, 3.05) is 27.2 Å². The minimum absolute atomic E-state index is 0.0766. The molecule has 21 heavy (non-hydrogen) atoms. The van der Waals surface area contributed by atoms with Gasteiger partial charge >= 0.3 is 0 Å². The first-order chi connectivity index (χ1) is 9.76. The van der Waals surface area contributed by atoms with Crippen molar-refractivity contribution >= 4 is 17.3 Å². The van der Waals surface area contributed by atoms with Gasteiger partial charge in [0, 0.05) is 23.5 Å². The number of hydrogen-bond acceptors (Lipinski definition) is 4. The predicted octanol–water partition coefficient (Wildman–Crippen LogP) is 2.16. The van der Waals surface area contributed by atoms with Crippen molar-refractivity contribution in [2.24, 2.45) is 4.99 Å². The summed E-state index contributed by atoms with van der Waals surface area (Å²) in [4.78, 5) is 12.6. The highest BCUT2D eigenvalue weighted by atomic mass is 32.1. The molecule has 0 atom stereocenters. The first-order valence-electron chi connectivity index (χ1n) is 7.38. The lowest BCUT2D eigenvalue weighted by atomic mass is 10.0. The van der Waals surface area contributed by atoms with Gasteiger partial charge in [-0.3, -0.25) is 0 Å². The predicted molar refractivity (Wildman–Crippen MR) is 92.2 cm³/mol. The normalized spacial score (nSPS) is 12.9. The van der Waals surface area contributed by atoms with Crippen molar-refractivity contribution in [3.05, 3.63) is 15.6 Å². The Hall–Kier alpha value is -1.14. The number of nitrogens with zero attached hydrogens (tertiary/aromatic N) is 3. The topological polar surface area (TPSA) is 52.6 Å². The Bertz CT molecular complexity index is 476. The molecule has 1 aromatic rings. The van der Waals surface area contributed by atoms with E-state index in [4.69, 9.17) is 0 Å². The second-order valence-electron chi connectivity index (χ2n) is 6.00. The van der Waals surface area contributed by atoms with E-state index < -0.39 is 0 Å². The third-order valence-electron chi connectivity index (χ3n) is 3.62. The summed E-state index contributed by atoms with van der Waals surface area (Å²) < 4.78 is 0. The van der Waals surface area contributed by atoms with Crippen LogP contribution in [0.25, 0.3) is 0 Å². The summed E-state index contributed by atoms with van der Waals surface area (Å²) in [5, 5.41) is 7.82. The van der Waals surface area contributed by atoms with Gasteiger partial charge in [-0.15, -0.1) is 11.3 Å². The molecule has 120 valence electrons. The summed E-state index contributed by atoms with van der Waals surface area (Å²) in [5.41, 5.74) is 1.17. The molecule has 1 heterocycles. The zero-order valence-electron chi connectivity index (χ0n) is 14.4. The van der Waals surface area contributed by atoms with E-state index in [9.17, 15) is 0 Å². The molecule has 6 heteroatoms. The molecule has 0 aromatic carbocycles. The van der Waals surface area contributed by atoms with Crippen molar-refractivity contribution < 1.29 is 0 Å². The number of nitrogens with one attached hydrogen (secondary N) is 2. The molecule has 0 saturated carbocycles. The van der Waals surface area contributed by atoms with Crippen LogP contribution in [0.3, 0.4) is 0 Å². The number of hydrogen-bond donors (Lipinski definition) is 2. The van der Waals surface area contributed by atoms with Crippen molar-refractivity contribution in [3.63, 3.8) is 0 Å². The van der Waals surface area contributed by atoms with Crippen molar-refractivity contribution in [1.82, 2.24) is 20.5 Å². The van der Waals surface area contributed by atoms with Gasteiger partial charge in [-0.2, -0.15) is 0 Å². The fraction of sp³-hybridized carbons (Fsp3) is 0.733. The van der Waals surface area contributed by atoms with Crippen LogP contribution in [0.4, 0.5) is 0 Å². The summed E-state index contributed by atoms with van der Waals surface area (Å²) in [7, 11) is 4.18. The average Bonchev–Trinajstić information content (AvgIpc) is 2.71. The van der Waals surface area contributed by atoms with Crippen LogP contribution in [0.5, 0.6) is 0 Å². The molecule has 0 aliphatic rings. The number of thiazole rings is 1. The smallest absolute Gasteiger partial charge is 0.191 e. The lowest BCUT2D eigenvalue weighted by Crippen LogP contribution is -2.50. The van der Waals surface area contributed by atoms with Crippen molar-refractivity contribution in [1.29, 1.82) is 0 Å². The number of aryl methyl sites for hydroxylation is 2. The molecular weight excluding hydrogens is 282 g/mol. The average molecular weight is 311 g/mol. The van der Waals surface area contributed by atoms with E-state index in [0.29, 0.717) is 6.54 Å². The van der Waals surface area contributed by atoms with E-state index in [2.05, 4.69) is 60.4 Å². The summed E-state index contributed by atoms with van der Waals surface area (Å²) in [6, 6.07) is 0. The number of aliphatic imine (C=N–C) groups is 1. The summed E-state index contributed by atoms with van der Waals surface area (Å²) in [5.74, 6) is 0.859. The molecule has 1 rings (SSSR count). The Balaban J connectivity index is 2.68. The van der Waals surface area contributed by atoms with E-state index in [0.717, 1.165) is 29.8 Å². The number of rotatable bonds is 6. The Labute approximate surface area is 132 Å². The summed E-state index contributed by atoms with van der Waals surface area (Å²) in [6.45, 7) is 12.9. The van der Waals surface area contributed by atoms with E-state index >= 15 is 0 Å². The van der Waals surface area contributed by atoms with Crippen LogP contribution in [0.1, 0.15) is 36.3 Å². The van der Waals surface area contributed by atoms with Gasteiger partial charge in [0.1, 0.15) is 0 Å². The maximum atomic E-state index is 4.67. The maximum absolute atomic E-state index is 4.67. The molecular formula is C15H29N5S. The lowest BCUT2D eigenvalue weighted by molar-refractivity contribution is 0.197. The van der Waals surface area contributed by atoms with E-state index in [1.165, 1.54) is 4.88 Å². The van der Waals surface area contributed by atoms with Gasteiger partial charge in [-0.25, -0.2) is 9.98 Å². The first kappa shape index (κ1) is 17.9. The molecule has 1 aromatic heterocycles. The van der Waals surface area contributed by atoms with Gasteiger partial charge in [0.15, 0.2) is 5.96 Å². The molecule has 5 nitrogen and oxygen atoms in total. The molecule has 0 amide bonds. The van der Waals surface area contributed by atoms with Gasteiger partial charge in [-0.1, -0.05) is 0 Å². The Kier molecular flexibility index (Phi) is 6.61. The zero-order chi connectivity index (χ0) is 16.0. The number of likely N-dealkylation sites (N-methyl/N-ethyl adjacent to an activating group) is 1. The molecule has 0 radical (unpaired) electrons. The lowest BCUT2D eigenvalue weighted by Gasteiger charge is -2.33. The van der Waals surface area contributed by atoms with Crippen LogP contribution in [0.2, 0.25) is 0 Å². The second kappa shape index (κ2) is 7.75. The summed E-state index contributed by atoms with van der Waals surface area (Å²) in [6.07, 6.45) is 0. The first-order valence-corrected chi connectivity index (χ1v) is 8.20. The van der Waals surface area contributed by atoms with Crippen LogP contribution in [0, 0.1) is 13.8 Å². The van der Waals surface area contributed by atoms with E-state index in [1.807, 2.05) is 13.8 Å². The minimum Gasteiger partial charge on any atom is -0.357 e. The van der Waals surface area contributed by atoms with E-state index in [1.54, 1.807) is 11.3 Å². The Morgan fingerprint density at radius 1 is 1.29 bits per heavy atom. The highest BCUT2D eigenvalue weighted by molar-refractivity contribution is 7.11. The third kappa shape index (κ3) is 5.63. The van der Waals surface area contributed by atoms with Crippen LogP contribution in [-0.2, 0) is 6.54 Å². The van der Waals surface area contributed by atoms with Crippen molar-refractivity contribution in [2.45, 2.75) is 46.7 Å². The van der Waals surface area contributed by atoms with Crippen LogP contribution >= 0.6 is 11.3 Å². The molecule has 2 N–H and O–H groups in total. The van der Waals surface area contributed by atoms with Gasteiger partial charge in [0.05, 0.1) is 17.2 Å². The van der Waals surface area contributed by atoms with Crippen molar-refractivity contribution in [3.8, 4) is 0 Å². The number of guanidine groups is 1. The fourth-order valence-electron chi connectivity index (χ4n) is 1.67. The van der Waals surface area contributed by atoms with Crippen LogP contribution < -0.4 is 10.6 Å². The highest BCUT2D eigenvalue weighted by Crippen LogP contribution is 2.17. The molecule has 0 aliphatic carbocycles. The number of aromatic nitrogens is 1. The minimum atomic E-state index is 0.0766. The summed E-state index contributed by atoms with van der Waals surface area (Å²) >= 11 is 1.72. The van der Waals surface area contributed by atoms with Gasteiger partial charge < -0.3 is 15.5 Å². The van der Waals surface area contributed by atoms with Gasteiger partial charge in [0.2, 0.25) is 0 Å². The zero-order valence-corrected chi connectivity index (χ0v) is 15.2. The van der Waals surface area contributed by atoms with Crippen LogP contribution in [-0.4, -0.2) is 48.6 Å². The highest BCUT2D eigenvalue weighted by Gasteiger charge is 2.20. The molecule has 0 bridgehead atoms. The molecule has 0 fully saturated rings. The monoisotopic (exact) mass is 311 g/mol. The molecule has 0 saturated heterocycles. The Morgan fingerprint density at radius 2 is 1.95 bits per heavy atom. The molecule has 0 aliphatic heterocycles.